The van der Waals surface area contributed by atoms with Gasteiger partial charge in [0, 0.05) is 42.8 Å². The van der Waals surface area contributed by atoms with E-state index in [1.807, 2.05) is 0 Å². The van der Waals surface area contributed by atoms with Gasteiger partial charge in [0.2, 0.25) is 0 Å². The molecule has 204 valence electrons. The van der Waals surface area contributed by atoms with Crippen LogP contribution in [0.1, 0.15) is 0 Å². The first-order valence-electron chi connectivity index (χ1n) is 14.8. The van der Waals surface area contributed by atoms with E-state index in [2.05, 4.69) is 144 Å². The first-order chi connectivity index (χ1) is 21.8. The first-order valence-corrected chi connectivity index (χ1v) is 15.7. The Kier molecular flexibility index (Phi) is 4.87. The van der Waals surface area contributed by atoms with Crippen molar-refractivity contribution in [1.82, 2.24) is 14.4 Å². The number of thiophene rings is 1. The van der Waals surface area contributed by atoms with Crippen molar-refractivity contribution in [2.45, 2.75) is 0 Å². The van der Waals surface area contributed by atoms with E-state index in [4.69, 9.17) is 9.97 Å². The van der Waals surface area contributed by atoms with Crippen LogP contribution in [-0.2, 0) is 0 Å². The predicted molar refractivity (Wildman–Crippen MR) is 186 cm³/mol. The number of fused-ring (bicyclic) bond motifs is 9. The van der Waals surface area contributed by atoms with Gasteiger partial charge in [-0.15, -0.1) is 11.3 Å². The molecule has 4 aromatic heterocycles. The largest absolute Gasteiger partial charge is 0.308 e. The molecule has 44 heavy (non-hydrogen) atoms. The lowest BCUT2D eigenvalue weighted by Gasteiger charge is -2.09. The molecule has 10 aromatic rings. The summed E-state index contributed by atoms with van der Waals surface area (Å²) in [6.45, 7) is 0. The first kappa shape index (κ1) is 23.9. The van der Waals surface area contributed by atoms with E-state index in [-0.39, 0.29) is 0 Å². The SMILES string of the molecule is c1ccc(-c2nc(-c3cccc(-c4cc5c6ccccc6n6c7ccccc7c(c4)c56)c3)nc3c2sc2ccccc23)cc1. The van der Waals surface area contributed by atoms with E-state index in [9.17, 15) is 0 Å². The van der Waals surface area contributed by atoms with Crippen molar-refractivity contribution in [3.8, 4) is 33.8 Å². The summed E-state index contributed by atoms with van der Waals surface area (Å²) in [6.07, 6.45) is 0. The van der Waals surface area contributed by atoms with Gasteiger partial charge in [-0.25, -0.2) is 9.97 Å². The molecule has 0 amide bonds. The number of benzene rings is 6. The smallest absolute Gasteiger partial charge is 0.160 e. The Morgan fingerprint density at radius 2 is 1.07 bits per heavy atom. The molecule has 0 radical (unpaired) electrons. The van der Waals surface area contributed by atoms with E-state index in [0.29, 0.717) is 0 Å². The Labute approximate surface area is 256 Å². The molecule has 0 atom stereocenters. The fraction of sp³-hybridized carbons (Fsp3) is 0. The summed E-state index contributed by atoms with van der Waals surface area (Å²) in [5.74, 6) is 0.745. The van der Waals surface area contributed by atoms with Gasteiger partial charge in [-0.05, 0) is 47.5 Å². The molecular formula is C40H23N3S. The van der Waals surface area contributed by atoms with Crippen molar-refractivity contribution in [3.63, 3.8) is 0 Å². The van der Waals surface area contributed by atoms with Crippen LogP contribution >= 0.6 is 11.3 Å². The van der Waals surface area contributed by atoms with Crippen LogP contribution in [0.3, 0.4) is 0 Å². The number of nitrogens with zero attached hydrogens (tertiary/aromatic N) is 3. The van der Waals surface area contributed by atoms with Crippen LogP contribution in [0.2, 0.25) is 0 Å². The molecule has 0 aliphatic heterocycles. The van der Waals surface area contributed by atoms with Crippen LogP contribution < -0.4 is 0 Å². The van der Waals surface area contributed by atoms with Crippen molar-refractivity contribution < 1.29 is 0 Å². The van der Waals surface area contributed by atoms with Gasteiger partial charge in [-0.2, -0.15) is 0 Å². The second kappa shape index (κ2) is 8.96. The van der Waals surface area contributed by atoms with Crippen molar-refractivity contribution in [2.24, 2.45) is 0 Å². The Hall–Kier alpha value is -5.58. The minimum absolute atomic E-state index is 0.745. The molecule has 0 N–H and O–H groups in total. The maximum Gasteiger partial charge on any atom is 0.160 e. The van der Waals surface area contributed by atoms with Crippen molar-refractivity contribution >= 4 is 69.7 Å². The number of para-hydroxylation sites is 2. The highest BCUT2D eigenvalue weighted by atomic mass is 32.1. The number of aromatic nitrogens is 3. The minimum Gasteiger partial charge on any atom is -0.308 e. The molecule has 4 heteroatoms. The highest BCUT2D eigenvalue weighted by Crippen LogP contribution is 2.43. The number of hydrogen-bond acceptors (Lipinski definition) is 3. The van der Waals surface area contributed by atoms with Gasteiger partial charge in [-0.1, -0.05) is 103 Å². The molecule has 10 rings (SSSR count). The zero-order chi connectivity index (χ0) is 28.8. The van der Waals surface area contributed by atoms with Gasteiger partial charge < -0.3 is 4.40 Å². The van der Waals surface area contributed by atoms with Gasteiger partial charge in [0.05, 0.1) is 32.5 Å². The second-order valence-corrected chi connectivity index (χ2v) is 12.5. The summed E-state index contributed by atoms with van der Waals surface area (Å²) in [7, 11) is 0. The Morgan fingerprint density at radius 3 is 1.82 bits per heavy atom. The summed E-state index contributed by atoms with van der Waals surface area (Å²) < 4.78 is 4.78. The molecule has 3 nitrogen and oxygen atoms in total. The average molecular weight is 578 g/mol. The summed E-state index contributed by atoms with van der Waals surface area (Å²) in [4.78, 5) is 10.4. The second-order valence-electron chi connectivity index (χ2n) is 11.4. The molecule has 4 heterocycles. The monoisotopic (exact) mass is 577 g/mol. The lowest BCUT2D eigenvalue weighted by Crippen LogP contribution is -1.94. The minimum atomic E-state index is 0.745. The van der Waals surface area contributed by atoms with E-state index in [0.717, 1.165) is 38.4 Å². The predicted octanol–water partition coefficient (Wildman–Crippen LogP) is 11.0. The molecule has 0 unspecified atom stereocenters. The van der Waals surface area contributed by atoms with Crippen LogP contribution in [0.25, 0.3) is 92.2 Å². The van der Waals surface area contributed by atoms with Crippen LogP contribution in [0, 0.1) is 0 Å². The normalized spacial score (nSPS) is 12.1. The summed E-state index contributed by atoms with van der Waals surface area (Å²) in [5.41, 5.74) is 10.2. The molecule has 0 aliphatic carbocycles. The average Bonchev–Trinajstić information content (AvgIpc) is 3.75. The van der Waals surface area contributed by atoms with Crippen LogP contribution in [0.5, 0.6) is 0 Å². The standard InChI is InChI=1S/C40H23N3S/c1-2-11-24(12-3-1)36-39-37(30-17-6-9-20-35(30)44-39)42-40(41-36)26-14-10-13-25(21-26)27-22-31-28-15-4-7-18-33(28)43-34-19-8-5-16-29(34)32(23-27)38(31)43/h1-23H. The fourth-order valence-corrected chi connectivity index (χ4v) is 8.12. The van der Waals surface area contributed by atoms with E-state index in [1.165, 1.54) is 53.7 Å². The van der Waals surface area contributed by atoms with E-state index in [1.54, 1.807) is 11.3 Å². The molecule has 0 aliphatic rings. The third-order valence-corrected chi connectivity index (χ3v) is 10.1. The van der Waals surface area contributed by atoms with Crippen molar-refractivity contribution in [3.05, 3.63) is 140 Å². The number of hydrogen-bond donors (Lipinski definition) is 0. The molecular weight excluding hydrogens is 555 g/mol. The van der Waals surface area contributed by atoms with E-state index >= 15 is 0 Å². The Bertz CT molecular complexity index is 2630. The summed E-state index contributed by atoms with van der Waals surface area (Å²) in [6, 6.07) is 49.9. The zero-order valence-corrected chi connectivity index (χ0v) is 24.3. The third-order valence-electron chi connectivity index (χ3n) is 8.92. The zero-order valence-electron chi connectivity index (χ0n) is 23.5. The quantitative estimate of drug-likeness (QED) is 0.209. The van der Waals surface area contributed by atoms with Gasteiger partial charge >= 0.3 is 0 Å². The third kappa shape index (κ3) is 3.31. The van der Waals surface area contributed by atoms with Crippen molar-refractivity contribution in [2.75, 3.05) is 0 Å². The maximum absolute atomic E-state index is 5.22. The molecule has 0 fully saturated rings. The summed E-state index contributed by atoms with van der Waals surface area (Å²) in [5, 5.41) is 6.30. The Balaban J connectivity index is 1.22. The maximum atomic E-state index is 5.22. The number of rotatable bonds is 3. The molecule has 0 saturated heterocycles. The molecule has 6 aromatic carbocycles. The lowest BCUT2D eigenvalue weighted by molar-refractivity contribution is 1.24. The molecule has 0 bridgehead atoms. The van der Waals surface area contributed by atoms with Crippen LogP contribution in [-0.4, -0.2) is 14.4 Å². The van der Waals surface area contributed by atoms with Gasteiger partial charge in [0.15, 0.2) is 5.82 Å². The molecule has 0 saturated carbocycles. The van der Waals surface area contributed by atoms with Crippen molar-refractivity contribution in [1.29, 1.82) is 0 Å². The summed E-state index contributed by atoms with van der Waals surface area (Å²) >= 11 is 1.77. The van der Waals surface area contributed by atoms with Gasteiger partial charge in [0.1, 0.15) is 0 Å². The Morgan fingerprint density at radius 1 is 0.455 bits per heavy atom. The highest BCUT2D eigenvalue weighted by molar-refractivity contribution is 7.26. The highest BCUT2D eigenvalue weighted by Gasteiger charge is 2.20. The van der Waals surface area contributed by atoms with E-state index < -0.39 is 0 Å². The molecule has 0 spiro atoms. The topological polar surface area (TPSA) is 30.2 Å². The van der Waals surface area contributed by atoms with Crippen LogP contribution in [0.4, 0.5) is 0 Å². The fourth-order valence-electron chi connectivity index (χ4n) is 6.97. The van der Waals surface area contributed by atoms with Crippen LogP contribution in [0.15, 0.2) is 140 Å². The van der Waals surface area contributed by atoms with Gasteiger partial charge in [0.25, 0.3) is 0 Å². The van der Waals surface area contributed by atoms with Gasteiger partial charge in [-0.3, -0.25) is 0 Å². The lowest BCUT2D eigenvalue weighted by atomic mass is 9.98.